The number of likely N-dealkylation sites (tertiary alicyclic amines) is 1. The average molecular weight is 261 g/mol. The summed E-state index contributed by atoms with van der Waals surface area (Å²) in [6.45, 7) is 3.39. The SMILES string of the molecule is CN1CCCC(N(C)CC(N)Cc2ccccc2)C1. The second kappa shape index (κ2) is 7.04. The Morgan fingerprint density at radius 3 is 2.79 bits per heavy atom. The molecular formula is C16H27N3. The summed E-state index contributed by atoms with van der Waals surface area (Å²) in [7, 11) is 4.43. The Bertz CT molecular complexity index is 366. The van der Waals surface area contributed by atoms with Crippen molar-refractivity contribution < 1.29 is 0 Å². The molecule has 1 aromatic carbocycles. The van der Waals surface area contributed by atoms with Crippen molar-refractivity contribution in [1.29, 1.82) is 0 Å². The maximum atomic E-state index is 6.29. The molecule has 0 amide bonds. The fourth-order valence-corrected chi connectivity index (χ4v) is 3.00. The van der Waals surface area contributed by atoms with Gasteiger partial charge in [0.1, 0.15) is 0 Å². The van der Waals surface area contributed by atoms with Gasteiger partial charge in [-0.05, 0) is 45.5 Å². The van der Waals surface area contributed by atoms with Crippen molar-refractivity contribution in [3.63, 3.8) is 0 Å². The summed E-state index contributed by atoms with van der Waals surface area (Å²) in [5, 5.41) is 0. The molecule has 1 aliphatic heterocycles. The van der Waals surface area contributed by atoms with E-state index >= 15 is 0 Å². The van der Waals surface area contributed by atoms with Gasteiger partial charge >= 0.3 is 0 Å². The van der Waals surface area contributed by atoms with E-state index in [2.05, 4.69) is 54.2 Å². The Kier molecular flexibility index (Phi) is 5.37. The van der Waals surface area contributed by atoms with Crippen molar-refractivity contribution in [2.75, 3.05) is 33.7 Å². The second-order valence-electron chi connectivity index (χ2n) is 5.95. The molecule has 106 valence electrons. The Morgan fingerprint density at radius 2 is 2.11 bits per heavy atom. The smallest absolute Gasteiger partial charge is 0.0221 e. The van der Waals surface area contributed by atoms with Crippen molar-refractivity contribution in [3.8, 4) is 0 Å². The molecule has 2 atom stereocenters. The first-order valence-corrected chi connectivity index (χ1v) is 7.33. The number of hydrogen-bond acceptors (Lipinski definition) is 3. The van der Waals surface area contributed by atoms with Gasteiger partial charge in [0, 0.05) is 25.2 Å². The summed E-state index contributed by atoms with van der Waals surface area (Å²) in [4.78, 5) is 4.87. The van der Waals surface area contributed by atoms with E-state index in [0.29, 0.717) is 6.04 Å². The van der Waals surface area contributed by atoms with Gasteiger partial charge in [0.15, 0.2) is 0 Å². The standard InChI is InChI=1S/C16H27N3/c1-18-10-6-9-16(13-18)19(2)12-15(17)11-14-7-4-3-5-8-14/h3-5,7-8,15-16H,6,9-13,17H2,1-2H3. The first-order chi connectivity index (χ1) is 9.15. The van der Waals surface area contributed by atoms with Gasteiger partial charge in [-0.3, -0.25) is 0 Å². The lowest BCUT2D eigenvalue weighted by atomic mass is 10.0. The highest BCUT2D eigenvalue weighted by molar-refractivity contribution is 5.15. The molecule has 0 saturated carbocycles. The quantitative estimate of drug-likeness (QED) is 0.873. The molecule has 2 N–H and O–H groups in total. The lowest BCUT2D eigenvalue weighted by molar-refractivity contribution is 0.129. The lowest BCUT2D eigenvalue weighted by Gasteiger charge is -2.37. The van der Waals surface area contributed by atoms with Crippen LogP contribution in [-0.2, 0) is 6.42 Å². The van der Waals surface area contributed by atoms with Gasteiger partial charge in [-0.25, -0.2) is 0 Å². The van der Waals surface area contributed by atoms with E-state index in [0.717, 1.165) is 13.0 Å². The zero-order chi connectivity index (χ0) is 13.7. The topological polar surface area (TPSA) is 32.5 Å². The van der Waals surface area contributed by atoms with Crippen LogP contribution < -0.4 is 5.73 Å². The molecule has 0 radical (unpaired) electrons. The normalized spacial score (nSPS) is 22.6. The summed E-state index contributed by atoms with van der Waals surface area (Å²) in [5.41, 5.74) is 7.63. The van der Waals surface area contributed by atoms with E-state index < -0.39 is 0 Å². The third kappa shape index (κ3) is 4.60. The zero-order valence-electron chi connectivity index (χ0n) is 12.3. The maximum Gasteiger partial charge on any atom is 0.0221 e. The van der Waals surface area contributed by atoms with Gasteiger partial charge in [-0.1, -0.05) is 30.3 Å². The van der Waals surface area contributed by atoms with Crippen LogP contribution >= 0.6 is 0 Å². The van der Waals surface area contributed by atoms with Gasteiger partial charge in [0.2, 0.25) is 0 Å². The number of hydrogen-bond donors (Lipinski definition) is 1. The highest BCUT2D eigenvalue weighted by atomic mass is 15.2. The van der Waals surface area contributed by atoms with Crippen LogP contribution in [0, 0.1) is 0 Å². The van der Waals surface area contributed by atoms with Crippen molar-refractivity contribution in [1.82, 2.24) is 9.80 Å². The summed E-state index contributed by atoms with van der Waals surface area (Å²) < 4.78 is 0. The molecule has 1 fully saturated rings. The molecule has 19 heavy (non-hydrogen) atoms. The van der Waals surface area contributed by atoms with E-state index in [1.54, 1.807) is 0 Å². The molecule has 3 heteroatoms. The Labute approximate surface area is 117 Å². The Hall–Kier alpha value is -0.900. The van der Waals surface area contributed by atoms with E-state index in [-0.39, 0.29) is 6.04 Å². The number of benzene rings is 1. The monoisotopic (exact) mass is 261 g/mol. The van der Waals surface area contributed by atoms with Crippen LogP contribution in [-0.4, -0.2) is 55.6 Å². The molecule has 2 unspecified atom stereocenters. The maximum absolute atomic E-state index is 6.29. The van der Waals surface area contributed by atoms with E-state index in [4.69, 9.17) is 5.73 Å². The predicted molar refractivity (Wildman–Crippen MR) is 81.3 cm³/mol. The van der Waals surface area contributed by atoms with E-state index in [9.17, 15) is 0 Å². The Morgan fingerprint density at radius 1 is 1.37 bits per heavy atom. The molecule has 1 heterocycles. The number of nitrogens with zero attached hydrogens (tertiary/aromatic N) is 2. The molecule has 1 saturated heterocycles. The van der Waals surface area contributed by atoms with Crippen LogP contribution in [0.1, 0.15) is 18.4 Å². The molecule has 0 aromatic heterocycles. The highest BCUT2D eigenvalue weighted by Crippen LogP contribution is 2.14. The van der Waals surface area contributed by atoms with Gasteiger partial charge in [-0.15, -0.1) is 0 Å². The Balaban J connectivity index is 1.79. The molecule has 3 nitrogen and oxygen atoms in total. The van der Waals surface area contributed by atoms with Crippen molar-refractivity contribution in [2.24, 2.45) is 5.73 Å². The van der Waals surface area contributed by atoms with Crippen molar-refractivity contribution >= 4 is 0 Å². The molecular weight excluding hydrogens is 234 g/mol. The minimum absolute atomic E-state index is 0.222. The van der Waals surface area contributed by atoms with Crippen LogP contribution in [0.25, 0.3) is 0 Å². The number of likely N-dealkylation sites (N-methyl/N-ethyl adjacent to an activating group) is 2. The number of rotatable bonds is 5. The highest BCUT2D eigenvalue weighted by Gasteiger charge is 2.22. The van der Waals surface area contributed by atoms with Crippen LogP contribution in [0.3, 0.4) is 0 Å². The first-order valence-electron chi connectivity index (χ1n) is 7.33. The van der Waals surface area contributed by atoms with Crippen molar-refractivity contribution in [3.05, 3.63) is 35.9 Å². The lowest BCUT2D eigenvalue weighted by Crippen LogP contribution is -2.48. The zero-order valence-corrected chi connectivity index (χ0v) is 12.3. The van der Waals surface area contributed by atoms with E-state index in [1.807, 2.05) is 0 Å². The van der Waals surface area contributed by atoms with Crippen LogP contribution in [0.15, 0.2) is 30.3 Å². The predicted octanol–water partition coefficient (Wildman–Crippen LogP) is 1.58. The summed E-state index contributed by atoms with van der Waals surface area (Å²) in [6.07, 6.45) is 3.58. The number of piperidine rings is 1. The molecule has 1 aliphatic rings. The second-order valence-corrected chi connectivity index (χ2v) is 5.95. The molecule has 0 aliphatic carbocycles. The molecule has 1 aromatic rings. The van der Waals surface area contributed by atoms with E-state index in [1.165, 1.54) is 31.5 Å². The third-order valence-corrected chi connectivity index (χ3v) is 4.09. The largest absolute Gasteiger partial charge is 0.326 e. The fraction of sp³-hybridized carbons (Fsp3) is 0.625. The van der Waals surface area contributed by atoms with Crippen LogP contribution in [0.5, 0.6) is 0 Å². The average Bonchev–Trinajstić information content (AvgIpc) is 2.39. The minimum Gasteiger partial charge on any atom is -0.326 e. The summed E-state index contributed by atoms with van der Waals surface area (Å²) in [5.74, 6) is 0. The van der Waals surface area contributed by atoms with Crippen LogP contribution in [0.2, 0.25) is 0 Å². The third-order valence-electron chi connectivity index (χ3n) is 4.09. The summed E-state index contributed by atoms with van der Waals surface area (Å²) >= 11 is 0. The van der Waals surface area contributed by atoms with Crippen molar-refractivity contribution in [2.45, 2.75) is 31.3 Å². The molecule has 0 bridgehead atoms. The fourth-order valence-electron chi connectivity index (χ4n) is 3.00. The molecule has 2 rings (SSSR count). The van der Waals surface area contributed by atoms with Gasteiger partial charge in [0.05, 0.1) is 0 Å². The first kappa shape index (κ1) is 14.5. The van der Waals surface area contributed by atoms with Gasteiger partial charge < -0.3 is 15.5 Å². The summed E-state index contributed by atoms with van der Waals surface area (Å²) in [6, 6.07) is 11.4. The molecule has 0 spiro atoms. The number of nitrogens with two attached hydrogens (primary N) is 1. The van der Waals surface area contributed by atoms with Gasteiger partial charge in [0.25, 0.3) is 0 Å². The van der Waals surface area contributed by atoms with Gasteiger partial charge in [-0.2, -0.15) is 0 Å². The van der Waals surface area contributed by atoms with Crippen LogP contribution in [0.4, 0.5) is 0 Å². The minimum atomic E-state index is 0.222.